The standard InChI is InChI=1S/C8H13NO2/c1-6-3-4-7(2)9(6)5-8(10)11/h3-4,6-7H,5H2,1-2H3,(H,10,11). The molecule has 0 aromatic carbocycles. The Hall–Kier alpha value is -0.830. The summed E-state index contributed by atoms with van der Waals surface area (Å²) in [6, 6.07) is 0.530. The van der Waals surface area contributed by atoms with Crippen LogP contribution in [-0.2, 0) is 4.79 Å². The van der Waals surface area contributed by atoms with E-state index in [0.717, 1.165) is 0 Å². The Morgan fingerprint density at radius 3 is 2.27 bits per heavy atom. The topological polar surface area (TPSA) is 40.5 Å². The summed E-state index contributed by atoms with van der Waals surface area (Å²) in [6.45, 7) is 4.14. The Morgan fingerprint density at radius 1 is 1.45 bits per heavy atom. The Kier molecular flexibility index (Phi) is 2.29. The van der Waals surface area contributed by atoms with E-state index in [2.05, 4.69) is 0 Å². The summed E-state index contributed by atoms with van der Waals surface area (Å²) in [7, 11) is 0. The van der Waals surface area contributed by atoms with Crippen LogP contribution >= 0.6 is 0 Å². The van der Waals surface area contributed by atoms with Crippen molar-refractivity contribution >= 4 is 5.97 Å². The number of rotatable bonds is 2. The predicted molar refractivity (Wildman–Crippen MR) is 42.4 cm³/mol. The fraction of sp³-hybridized carbons (Fsp3) is 0.625. The number of hydrogen-bond acceptors (Lipinski definition) is 2. The molecule has 0 fully saturated rings. The average Bonchev–Trinajstić information content (AvgIpc) is 2.18. The largest absolute Gasteiger partial charge is 0.480 e. The summed E-state index contributed by atoms with van der Waals surface area (Å²) < 4.78 is 0. The molecule has 0 bridgehead atoms. The van der Waals surface area contributed by atoms with Crippen molar-refractivity contribution in [2.24, 2.45) is 0 Å². The van der Waals surface area contributed by atoms with Gasteiger partial charge in [0.15, 0.2) is 0 Å². The lowest BCUT2D eigenvalue weighted by Gasteiger charge is -2.23. The van der Waals surface area contributed by atoms with Gasteiger partial charge in [0.25, 0.3) is 0 Å². The molecule has 1 aliphatic heterocycles. The fourth-order valence-corrected chi connectivity index (χ4v) is 1.36. The molecular weight excluding hydrogens is 142 g/mol. The molecule has 11 heavy (non-hydrogen) atoms. The molecule has 0 saturated carbocycles. The van der Waals surface area contributed by atoms with Gasteiger partial charge in [-0.3, -0.25) is 9.69 Å². The van der Waals surface area contributed by atoms with Gasteiger partial charge < -0.3 is 5.11 Å². The lowest BCUT2D eigenvalue weighted by Crippen LogP contribution is -2.37. The second kappa shape index (κ2) is 3.05. The minimum absolute atomic E-state index is 0.134. The summed E-state index contributed by atoms with van der Waals surface area (Å²) >= 11 is 0. The van der Waals surface area contributed by atoms with E-state index < -0.39 is 5.97 Å². The highest BCUT2D eigenvalue weighted by Gasteiger charge is 2.23. The molecule has 0 aliphatic carbocycles. The van der Waals surface area contributed by atoms with Crippen LogP contribution in [0.1, 0.15) is 13.8 Å². The number of nitrogens with zero attached hydrogens (tertiary/aromatic N) is 1. The Bertz CT molecular complexity index is 177. The molecule has 0 aromatic heterocycles. The highest BCUT2D eigenvalue weighted by atomic mass is 16.4. The zero-order valence-corrected chi connectivity index (χ0v) is 6.82. The third-order valence-corrected chi connectivity index (χ3v) is 2.03. The summed E-state index contributed by atoms with van der Waals surface area (Å²) in [6.07, 6.45) is 4.07. The Morgan fingerprint density at radius 2 is 1.91 bits per heavy atom. The minimum Gasteiger partial charge on any atom is -0.480 e. The fourth-order valence-electron chi connectivity index (χ4n) is 1.36. The lowest BCUT2D eigenvalue weighted by molar-refractivity contribution is -0.138. The van der Waals surface area contributed by atoms with Crippen LogP contribution in [0.25, 0.3) is 0 Å². The molecule has 1 rings (SSSR count). The van der Waals surface area contributed by atoms with Gasteiger partial charge in [-0.2, -0.15) is 0 Å². The first kappa shape index (κ1) is 8.27. The van der Waals surface area contributed by atoms with Crippen molar-refractivity contribution in [3.8, 4) is 0 Å². The van der Waals surface area contributed by atoms with Gasteiger partial charge in [-0.1, -0.05) is 12.2 Å². The molecule has 1 heterocycles. The monoisotopic (exact) mass is 155 g/mol. The molecular formula is C8H13NO2. The van der Waals surface area contributed by atoms with Crippen molar-refractivity contribution in [2.45, 2.75) is 25.9 Å². The van der Waals surface area contributed by atoms with Crippen molar-refractivity contribution in [3.63, 3.8) is 0 Å². The Labute approximate surface area is 66.3 Å². The summed E-state index contributed by atoms with van der Waals surface area (Å²) in [5.41, 5.74) is 0. The van der Waals surface area contributed by atoms with Gasteiger partial charge in [0.1, 0.15) is 0 Å². The van der Waals surface area contributed by atoms with Gasteiger partial charge >= 0.3 is 5.97 Å². The van der Waals surface area contributed by atoms with E-state index in [0.29, 0.717) is 0 Å². The van der Waals surface area contributed by atoms with E-state index >= 15 is 0 Å². The summed E-state index contributed by atoms with van der Waals surface area (Å²) in [5.74, 6) is -0.757. The van der Waals surface area contributed by atoms with Crippen LogP contribution in [0, 0.1) is 0 Å². The highest BCUT2D eigenvalue weighted by molar-refractivity contribution is 5.69. The van der Waals surface area contributed by atoms with Crippen molar-refractivity contribution < 1.29 is 9.90 Å². The second-order valence-electron chi connectivity index (χ2n) is 2.93. The lowest BCUT2D eigenvalue weighted by atomic mass is 10.3. The van der Waals surface area contributed by atoms with Crippen LogP contribution in [0.15, 0.2) is 12.2 Å². The maximum atomic E-state index is 10.4. The average molecular weight is 155 g/mol. The van der Waals surface area contributed by atoms with E-state index in [1.54, 1.807) is 0 Å². The normalized spacial score (nSPS) is 31.1. The predicted octanol–water partition coefficient (Wildman–Crippen LogP) is 0.720. The number of carbonyl (C=O) groups is 1. The molecule has 0 spiro atoms. The molecule has 3 nitrogen and oxygen atoms in total. The zero-order chi connectivity index (χ0) is 8.43. The first-order chi connectivity index (χ1) is 5.11. The molecule has 62 valence electrons. The van der Waals surface area contributed by atoms with Gasteiger partial charge in [-0.05, 0) is 13.8 Å². The van der Waals surface area contributed by atoms with Crippen molar-refractivity contribution in [2.75, 3.05) is 6.54 Å². The summed E-state index contributed by atoms with van der Waals surface area (Å²) in [5, 5.41) is 8.54. The molecule has 2 unspecified atom stereocenters. The highest BCUT2D eigenvalue weighted by Crippen LogP contribution is 2.14. The Balaban J connectivity index is 2.52. The van der Waals surface area contributed by atoms with Crippen LogP contribution in [0.2, 0.25) is 0 Å². The molecule has 0 saturated heterocycles. The number of aliphatic carboxylic acids is 1. The van der Waals surface area contributed by atoms with E-state index in [1.807, 2.05) is 30.9 Å². The van der Waals surface area contributed by atoms with Gasteiger partial charge in [0.05, 0.1) is 6.54 Å². The first-order valence-corrected chi connectivity index (χ1v) is 3.77. The molecule has 0 amide bonds. The van der Waals surface area contributed by atoms with E-state index in [-0.39, 0.29) is 18.6 Å². The number of carboxylic acid groups (broad SMARTS) is 1. The quantitative estimate of drug-likeness (QED) is 0.597. The molecule has 3 heteroatoms. The van der Waals surface area contributed by atoms with Crippen LogP contribution in [0.5, 0.6) is 0 Å². The van der Waals surface area contributed by atoms with Crippen LogP contribution < -0.4 is 0 Å². The molecule has 2 atom stereocenters. The van der Waals surface area contributed by atoms with Gasteiger partial charge in [0.2, 0.25) is 0 Å². The molecule has 0 radical (unpaired) electrons. The van der Waals surface area contributed by atoms with Crippen LogP contribution in [0.3, 0.4) is 0 Å². The maximum Gasteiger partial charge on any atom is 0.317 e. The van der Waals surface area contributed by atoms with Crippen molar-refractivity contribution in [3.05, 3.63) is 12.2 Å². The minimum atomic E-state index is -0.757. The van der Waals surface area contributed by atoms with Crippen LogP contribution in [-0.4, -0.2) is 34.6 Å². The SMILES string of the molecule is CC1C=CC(C)N1CC(=O)O. The zero-order valence-electron chi connectivity index (χ0n) is 6.82. The first-order valence-electron chi connectivity index (χ1n) is 3.77. The van der Waals surface area contributed by atoms with E-state index in [4.69, 9.17) is 5.11 Å². The van der Waals surface area contributed by atoms with Gasteiger partial charge in [0, 0.05) is 12.1 Å². The number of hydrogen-bond donors (Lipinski definition) is 1. The van der Waals surface area contributed by atoms with Crippen LogP contribution in [0.4, 0.5) is 0 Å². The maximum absolute atomic E-state index is 10.4. The third-order valence-electron chi connectivity index (χ3n) is 2.03. The van der Waals surface area contributed by atoms with E-state index in [1.165, 1.54) is 0 Å². The second-order valence-corrected chi connectivity index (χ2v) is 2.93. The molecule has 0 aromatic rings. The molecule has 1 aliphatic rings. The van der Waals surface area contributed by atoms with Gasteiger partial charge in [-0.15, -0.1) is 0 Å². The van der Waals surface area contributed by atoms with Crippen molar-refractivity contribution in [1.29, 1.82) is 0 Å². The van der Waals surface area contributed by atoms with Gasteiger partial charge in [-0.25, -0.2) is 0 Å². The smallest absolute Gasteiger partial charge is 0.317 e. The number of carboxylic acids is 1. The molecule has 1 N–H and O–H groups in total. The summed E-state index contributed by atoms with van der Waals surface area (Å²) in [4.78, 5) is 12.3. The third kappa shape index (κ3) is 1.80. The van der Waals surface area contributed by atoms with E-state index in [9.17, 15) is 4.79 Å². The van der Waals surface area contributed by atoms with Crippen molar-refractivity contribution in [1.82, 2.24) is 4.90 Å².